The SMILES string of the molecule is CC(=O)O[Si](CCCCCCc1ccc(F)c(F)c1)(OC(C)=O)OC(C)=O. The second-order valence-electron chi connectivity index (χ2n) is 6.13. The summed E-state index contributed by atoms with van der Waals surface area (Å²) < 4.78 is 41.3. The summed E-state index contributed by atoms with van der Waals surface area (Å²) in [6, 6.07) is 3.95. The van der Waals surface area contributed by atoms with Crippen molar-refractivity contribution < 1.29 is 36.4 Å². The molecule has 0 spiro atoms. The average molecular weight is 402 g/mol. The third-order valence-electron chi connectivity index (χ3n) is 3.58. The van der Waals surface area contributed by atoms with Crippen LogP contribution in [0.15, 0.2) is 18.2 Å². The highest BCUT2D eigenvalue weighted by Crippen LogP contribution is 2.22. The summed E-state index contributed by atoms with van der Waals surface area (Å²) in [5.41, 5.74) is 0.706. The molecule has 27 heavy (non-hydrogen) atoms. The van der Waals surface area contributed by atoms with Gasteiger partial charge in [-0.15, -0.1) is 0 Å². The van der Waals surface area contributed by atoms with Crippen LogP contribution in [0.4, 0.5) is 8.78 Å². The van der Waals surface area contributed by atoms with Gasteiger partial charge in [0.2, 0.25) is 0 Å². The van der Waals surface area contributed by atoms with Crippen LogP contribution in [0.2, 0.25) is 6.04 Å². The van der Waals surface area contributed by atoms with Gasteiger partial charge in [-0.3, -0.25) is 14.4 Å². The molecule has 0 fully saturated rings. The molecule has 0 heterocycles. The van der Waals surface area contributed by atoms with Crippen molar-refractivity contribution in [2.75, 3.05) is 0 Å². The van der Waals surface area contributed by atoms with E-state index in [-0.39, 0.29) is 6.04 Å². The molecule has 6 nitrogen and oxygen atoms in total. The van der Waals surface area contributed by atoms with Crippen molar-refractivity contribution in [2.24, 2.45) is 0 Å². The Morgan fingerprint density at radius 3 is 1.81 bits per heavy atom. The van der Waals surface area contributed by atoms with E-state index < -0.39 is 38.3 Å². The van der Waals surface area contributed by atoms with Gasteiger partial charge in [-0.2, -0.15) is 0 Å². The predicted molar refractivity (Wildman–Crippen MR) is 94.4 cm³/mol. The fraction of sp³-hybridized carbons (Fsp3) is 0.500. The minimum atomic E-state index is -3.76. The standard InChI is InChI=1S/C18H24F2O6Si/c1-13(21)24-27(25-14(2)22,26-15(3)23)11-7-5-4-6-8-16-9-10-17(19)18(20)12-16/h9-10,12H,4-8,11H2,1-3H3. The molecule has 0 amide bonds. The smallest absolute Gasteiger partial charge is 0.455 e. The molecule has 0 aliphatic heterocycles. The molecule has 0 bridgehead atoms. The van der Waals surface area contributed by atoms with Crippen LogP contribution < -0.4 is 0 Å². The third-order valence-corrected chi connectivity index (χ3v) is 6.34. The van der Waals surface area contributed by atoms with Crippen LogP contribution in [-0.2, 0) is 34.1 Å². The molecule has 0 radical (unpaired) electrons. The molecule has 0 unspecified atom stereocenters. The quantitative estimate of drug-likeness (QED) is 0.439. The lowest BCUT2D eigenvalue weighted by Gasteiger charge is -2.26. The van der Waals surface area contributed by atoms with Crippen molar-refractivity contribution in [3.63, 3.8) is 0 Å². The largest absolute Gasteiger partial charge is 0.705 e. The zero-order valence-electron chi connectivity index (χ0n) is 15.7. The number of aryl methyl sites for hydroxylation is 1. The van der Waals surface area contributed by atoms with Gasteiger partial charge < -0.3 is 13.3 Å². The molecule has 0 atom stereocenters. The Kier molecular flexibility index (Phi) is 9.06. The van der Waals surface area contributed by atoms with Crippen molar-refractivity contribution in [1.29, 1.82) is 0 Å². The van der Waals surface area contributed by atoms with Crippen molar-refractivity contribution in [3.05, 3.63) is 35.4 Å². The fourth-order valence-electron chi connectivity index (χ4n) is 2.59. The first kappa shape index (κ1) is 22.7. The minimum Gasteiger partial charge on any atom is -0.455 e. The van der Waals surface area contributed by atoms with Crippen LogP contribution >= 0.6 is 0 Å². The molecule has 1 aromatic rings. The first-order valence-corrected chi connectivity index (χ1v) is 10.6. The normalized spacial score (nSPS) is 11.0. The molecule has 150 valence electrons. The van der Waals surface area contributed by atoms with E-state index in [0.717, 1.165) is 39.7 Å². The molecule has 1 rings (SSSR count). The van der Waals surface area contributed by atoms with Gasteiger partial charge in [-0.1, -0.05) is 18.9 Å². The van der Waals surface area contributed by atoms with E-state index in [1.807, 2.05) is 0 Å². The predicted octanol–water partition coefficient (Wildman–Crippen LogP) is 3.70. The highest BCUT2D eigenvalue weighted by molar-refractivity contribution is 6.65. The van der Waals surface area contributed by atoms with E-state index in [9.17, 15) is 23.2 Å². The van der Waals surface area contributed by atoms with Crippen LogP contribution in [0.5, 0.6) is 0 Å². The van der Waals surface area contributed by atoms with Crippen LogP contribution in [0, 0.1) is 11.6 Å². The van der Waals surface area contributed by atoms with Crippen molar-refractivity contribution in [1.82, 2.24) is 0 Å². The lowest BCUT2D eigenvalue weighted by atomic mass is 10.1. The Balaban J connectivity index is 2.51. The summed E-state index contributed by atoms with van der Waals surface area (Å²) in [6.45, 7) is 3.45. The maximum atomic E-state index is 13.2. The van der Waals surface area contributed by atoms with E-state index in [0.29, 0.717) is 24.8 Å². The summed E-state index contributed by atoms with van der Waals surface area (Å²) in [6.07, 6.45) is 3.32. The first-order valence-electron chi connectivity index (χ1n) is 8.66. The Morgan fingerprint density at radius 2 is 1.33 bits per heavy atom. The molecule has 0 aliphatic carbocycles. The van der Waals surface area contributed by atoms with Crippen LogP contribution in [0.1, 0.15) is 52.0 Å². The highest BCUT2D eigenvalue weighted by Gasteiger charge is 2.51. The van der Waals surface area contributed by atoms with E-state index in [4.69, 9.17) is 13.3 Å². The van der Waals surface area contributed by atoms with Crippen molar-refractivity contribution in [2.45, 2.75) is 58.9 Å². The number of rotatable bonds is 10. The third kappa shape index (κ3) is 8.76. The number of carbonyl (C=O) groups is 3. The topological polar surface area (TPSA) is 78.9 Å². The van der Waals surface area contributed by atoms with E-state index >= 15 is 0 Å². The summed E-state index contributed by atoms with van der Waals surface area (Å²) in [5, 5.41) is 0. The van der Waals surface area contributed by atoms with Gasteiger partial charge in [-0.05, 0) is 37.0 Å². The first-order chi connectivity index (χ1) is 12.6. The number of carbonyl (C=O) groups excluding carboxylic acids is 3. The second-order valence-corrected chi connectivity index (χ2v) is 8.61. The number of unbranched alkanes of at least 4 members (excludes halogenated alkanes) is 3. The Labute approximate surface area is 158 Å². The number of halogens is 2. The Morgan fingerprint density at radius 1 is 0.815 bits per heavy atom. The number of hydrogen-bond donors (Lipinski definition) is 0. The molecule has 1 aromatic carbocycles. The molecule has 0 saturated heterocycles. The highest BCUT2D eigenvalue weighted by atomic mass is 28.4. The molecule has 0 N–H and O–H groups in total. The molecule has 0 aliphatic rings. The van der Waals surface area contributed by atoms with E-state index in [1.165, 1.54) is 6.07 Å². The summed E-state index contributed by atoms with van der Waals surface area (Å²) in [7, 11) is -3.76. The average Bonchev–Trinajstić information content (AvgIpc) is 2.52. The van der Waals surface area contributed by atoms with Gasteiger partial charge in [0.05, 0.1) is 6.04 Å². The summed E-state index contributed by atoms with van der Waals surface area (Å²) in [5.74, 6) is -3.82. The van der Waals surface area contributed by atoms with E-state index in [1.54, 1.807) is 6.07 Å². The van der Waals surface area contributed by atoms with Gasteiger partial charge in [0, 0.05) is 20.8 Å². The van der Waals surface area contributed by atoms with Crippen LogP contribution in [-0.4, -0.2) is 26.7 Å². The monoisotopic (exact) mass is 402 g/mol. The molecular formula is C18H24F2O6Si. The van der Waals surface area contributed by atoms with Gasteiger partial charge in [0.15, 0.2) is 11.6 Å². The Hall–Kier alpha value is -2.29. The van der Waals surface area contributed by atoms with Gasteiger partial charge in [0.25, 0.3) is 17.9 Å². The zero-order valence-corrected chi connectivity index (χ0v) is 16.7. The van der Waals surface area contributed by atoms with Gasteiger partial charge in [-0.25, -0.2) is 8.78 Å². The van der Waals surface area contributed by atoms with Crippen LogP contribution in [0.3, 0.4) is 0 Å². The zero-order chi connectivity index (χ0) is 20.4. The maximum Gasteiger partial charge on any atom is 0.705 e. The minimum absolute atomic E-state index is 0.136. The van der Waals surface area contributed by atoms with Crippen molar-refractivity contribution >= 4 is 26.7 Å². The molecular weight excluding hydrogens is 378 g/mol. The van der Waals surface area contributed by atoms with Crippen LogP contribution in [0.25, 0.3) is 0 Å². The summed E-state index contributed by atoms with van der Waals surface area (Å²) in [4.78, 5) is 34.0. The fourth-order valence-corrected chi connectivity index (χ4v) is 5.02. The van der Waals surface area contributed by atoms with Crippen molar-refractivity contribution in [3.8, 4) is 0 Å². The Bertz CT molecular complexity index is 639. The van der Waals surface area contributed by atoms with Gasteiger partial charge in [0.1, 0.15) is 0 Å². The van der Waals surface area contributed by atoms with E-state index in [2.05, 4.69) is 0 Å². The molecule has 9 heteroatoms. The maximum absolute atomic E-state index is 13.2. The molecule has 0 aromatic heterocycles. The summed E-state index contributed by atoms with van der Waals surface area (Å²) >= 11 is 0. The number of hydrogen-bond acceptors (Lipinski definition) is 6. The van der Waals surface area contributed by atoms with Gasteiger partial charge >= 0.3 is 8.80 Å². The number of benzene rings is 1. The molecule has 0 saturated carbocycles. The lowest BCUT2D eigenvalue weighted by Crippen LogP contribution is -2.49. The second kappa shape index (κ2) is 10.8. The lowest BCUT2D eigenvalue weighted by molar-refractivity contribution is -0.147.